The standard InChI is InChI=1S/C18H20N4O3/c1-24-17-9-7-14(8-10-17)12-25-13-16(23)11-22-20-18(19-21-22)15-5-3-2-4-6-15/h2-10,16,23H,11-13H2,1H3/t16-/m1/s1. The Balaban J connectivity index is 1.46. The van der Waals surface area contributed by atoms with Gasteiger partial charge in [-0.2, -0.15) is 4.80 Å². The van der Waals surface area contributed by atoms with Crippen LogP contribution in [0.5, 0.6) is 5.75 Å². The van der Waals surface area contributed by atoms with Crippen LogP contribution in [0.1, 0.15) is 5.56 Å². The van der Waals surface area contributed by atoms with E-state index < -0.39 is 6.10 Å². The minimum atomic E-state index is -0.712. The van der Waals surface area contributed by atoms with E-state index in [1.54, 1.807) is 7.11 Å². The quantitative estimate of drug-likeness (QED) is 0.675. The zero-order valence-electron chi connectivity index (χ0n) is 13.9. The van der Waals surface area contributed by atoms with Gasteiger partial charge >= 0.3 is 0 Å². The number of rotatable bonds is 8. The summed E-state index contributed by atoms with van der Waals surface area (Å²) >= 11 is 0. The fraction of sp³-hybridized carbons (Fsp3) is 0.278. The molecule has 0 saturated heterocycles. The molecule has 3 rings (SSSR count). The van der Waals surface area contributed by atoms with Gasteiger partial charge in [-0.3, -0.25) is 0 Å². The Hall–Kier alpha value is -2.77. The largest absolute Gasteiger partial charge is 0.497 e. The molecule has 0 fully saturated rings. The summed E-state index contributed by atoms with van der Waals surface area (Å²) in [6.07, 6.45) is -0.712. The van der Waals surface area contributed by atoms with Crippen molar-refractivity contribution in [3.63, 3.8) is 0 Å². The van der Waals surface area contributed by atoms with Crippen molar-refractivity contribution in [1.82, 2.24) is 20.2 Å². The van der Waals surface area contributed by atoms with Crippen LogP contribution in [0.4, 0.5) is 0 Å². The molecule has 0 radical (unpaired) electrons. The third-order valence-electron chi connectivity index (χ3n) is 3.60. The number of benzene rings is 2. The number of methoxy groups -OCH3 is 1. The molecular formula is C18H20N4O3. The Morgan fingerprint density at radius 1 is 1.08 bits per heavy atom. The van der Waals surface area contributed by atoms with Crippen molar-refractivity contribution in [2.24, 2.45) is 0 Å². The topological polar surface area (TPSA) is 82.3 Å². The number of tetrazole rings is 1. The zero-order chi connectivity index (χ0) is 17.5. The van der Waals surface area contributed by atoms with Gasteiger partial charge < -0.3 is 14.6 Å². The van der Waals surface area contributed by atoms with E-state index in [0.717, 1.165) is 16.9 Å². The van der Waals surface area contributed by atoms with E-state index in [2.05, 4.69) is 15.4 Å². The van der Waals surface area contributed by atoms with E-state index in [-0.39, 0.29) is 13.2 Å². The molecule has 7 heteroatoms. The van der Waals surface area contributed by atoms with Crippen LogP contribution < -0.4 is 4.74 Å². The average Bonchev–Trinajstić information content (AvgIpc) is 3.11. The maximum atomic E-state index is 10.1. The Labute approximate surface area is 145 Å². The number of aromatic nitrogens is 4. The summed E-state index contributed by atoms with van der Waals surface area (Å²) in [4.78, 5) is 1.38. The third kappa shape index (κ3) is 4.85. The van der Waals surface area contributed by atoms with Crippen LogP contribution in [-0.4, -0.2) is 45.1 Å². The van der Waals surface area contributed by atoms with Crippen molar-refractivity contribution >= 4 is 0 Å². The third-order valence-corrected chi connectivity index (χ3v) is 3.60. The van der Waals surface area contributed by atoms with Crippen LogP contribution in [0.25, 0.3) is 11.4 Å². The minimum Gasteiger partial charge on any atom is -0.497 e. The molecule has 0 amide bonds. The van der Waals surface area contributed by atoms with Gasteiger partial charge in [-0.1, -0.05) is 42.5 Å². The number of aliphatic hydroxyl groups is 1. The summed E-state index contributed by atoms with van der Waals surface area (Å²) in [6, 6.07) is 17.2. The molecule has 3 aromatic rings. The molecule has 0 aliphatic carbocycles. The van der Waals surface area contributed by atoms with Crippen molar-refractivity contribution in [2.75, 3.05) is 13.7 Å². The number of aliphatic hydroxyl groups excluding tert-OH is 1. The highest BCUT2D eigenvalue weighted by atomic mass is 16.5. The summed E-state index contributed by atoms with van der Waals surface area (Å²) < 4.78 is 10.6. The Morgan fingerprint density at radius 2 is 1.84 bits per heavy atom. The lowest BCUT2D eigenvalue weighted by Gasteiger charge is -2.10. The van der Waals surface area contributed by atoms with Gasteiger partial charge in [-0.15, -0.1) is 10.2 Å². The highest BCUT2D eigenvalue weighted by Gasteiger charge is 2.10. The molecule has 25 heavy (non-hydrogen) atoms. The summed E-state index contributed by atoms with van der Waals surface area (Å²) in [5.74, 6) is 1.34. The van der Waals surface area contributed by atoms with Crippen LogP contribution in [0.3, 0.4) is 0 Å². The molecule has 2 aromatic carbocycles. The van der Waals surface area contributed by atoms with Crippen LogP contribution in [0, 0.1) is 0 Å². The molecule has 1 aromatic heterocycles. The highest BCUT2D eigenvalue weighted by Crippen LogP contribution is 2.13. The molecule has 130 valence electrons. The van der Waals surface area contributed by atoms with Gasteiger partial charge in [0.25, 0.3) is 0 Å². The van der Waals surface area contributed by atoms with E-state index in [1.807, 2.05) is 54.6 Å². The molecule has 7 nitrogen and oxygen atoms in total. The van der Waals surface area contributed by atoms with Crippen molar-refractivity contribution in [3.05, 3.63) is 60.2 Å². The first-order valence-corrected chi connectivity index (χ1v) is 7.96. The van der Waals surface area contributed by atoms with Crippen LogP contribution in [0.2, 0.25) is 0 Å². The second-order valence-corrected chi connectivity index (χ2v) is 5.55. The first-order chi connectivity index (χ1) is 12.2. The minimum absolute atomic E-state index is 0.189. The van der Waals surface area contributed by atoms with E-state index in [9.17, 15) is 5.11 Å². The molecule has 1 N–H and O–H groups in total. The highest BCUT2D eigenvalue weighted by molar-refractivity contribution is 5.52. The smallest absolute Gasteiger partial charge is 0.204 e. The summed E-state index contributed by atoms with van der Waals surface area (Å²) in [6.45, 7) is 0.831. The van der Waals surface area contributed by atoms with Gasteiger partial charge in [-0.05, 0) is 22.9 Å². The molecule has 0 saturated carbocycles. The van der Waals surface area contributed by atoms with Gasteiger partial charge in [0.2, 0.25) is 5.82 Å². The molecule has 0 bridgehead atoms. The number of hydrogen-bond acceptors (Lipinski definition) is 6. The lowest BCUT2D eigenvalue weighted by atomic mass is 10.2. The van der Waals surface area contributed by atoms with Gasteiger partial charge in [0.1, 0.15) is 5.75 Å². The number of hydrogen-bond donors (Lipinski definition) is 1. The zero-order valence-corrected chi connectivity index (χ0v) is 13.9. The Morgan fingerprint density at radius 3 is 2.56 bits per heavy atom. The maximum Gasteiger partial charge on any atom is 0.204 e. The molecule has 0 unspecified atom stereocenters. The fourth-order valence-corrected chi connectivity index (χ4v) is 2.30. The van der Waals surface area contributed by atoms with Crippen LogP contribution >= 0.6 is 0 Å². The molecular weight excluding hydrogens is 320 g/mol. The average molecular weight is 340 g/mol. The Kier molecular flexibility index (Phi) is 5.71. The normalized spacial score (nSPS) is 12.1. The van der Waals surface area contributed by atoms with Crippen LogP contribution in [0.15, 0.2) is 54.6 Å². The first kappa shape index (κ1) is 17.1. The van der Waals surface area contributed by atoms with E-state index in [4.69, 9.17) is 9.47 Å². The van der Waals surface area contributed by atoms with Crippen molar-refractivity contribution in [1.29, 1.82) is 0 Å². The molecule has 0 aliphatic heterocycles. The van der Waals surface area contributed by atoms with E-state index in [0.29, 0.717) is 12.4 Å². The van der Waals surface area contributed by atoms with Gasteiger partial charge in [0, 0.05) is 5.56 Å². The number of ether oxygens (including phenoxy) is 2. The second kappa shape index (κ2) is 8.36. The SMILES string of the molecule is COc1ccc(COC[C@H](O)Cn2nnc(-c3ccccc3)n2)cc1. The van der Waals surface area contributed by atoms with Crippen molar-refractivity contribution < 1.29 is 14.6 Å². The Bertz CT molecular complexity index is 775. The first-order valence-electron chi connectivity index (χ1n) is 7.96. The summed E-state index contributed by atoms with van der Waals surface area (Å²) in [5, 5.41) is 22.3. The van der Waals surface area contributed by atoms with Gasteiger partial charge in [0.05, 0.1) is 33.0 Å². The fourth-order valence-electron chi connectivity index (χ4n) is 2.30. The summed E-state index contributed by atoms with van der Waals surface area (Å²) in [7, 11) is 1.63. The molecule has 0 aliphatic rings. The molecule has 0 spiro atoms. The molecule has 1 atom stereocenters. The predicted molar refractivity (Wildman–Crippen MR) is 91.9 cm³/mol. The van der Waals surface area contributed by atoms with Gasteiger partial charge in [-0.25, -0.2) is 0 Å². The van der Waals surface area contributed by atoms with Crippen LogP contribution in [-0.2, 0) is 17.9 Å². The maximum absolute atomic E-state index is 10.1. The lowest BCUT2D eigenvalue weighted by Crippen LogP contribution is -2.23. The predicted octanol–water partition coefficient (Wildman–Crippen LogP) is 1.93. The van der Waals surface area contributed by atoms with Gasteiger partial charge in [0.15, 0.2) is 0 Å². The van der Waals surface area contributed by atoms with Crippen molar-refractivity contribution in [3.8, 4) is 17.1 Å². The number of nitrogens with zero attached hydrogens (tertiary/aromatic N) is 4. The summed E-state index contributed by atoms with van der Waals surface area (Å²) in [5.41, 5.74) is 1.90. The van der Waals surface area contributed by atoms with Crippen molar-refractivity contribution in [2.45, 2.75) is 19.3 Å². The monoisotopic (exact) mass is 340 g/mol. The lowest BCUT2D eigenvalue weighted by molar-refractivity contribution is 0.0165. The molecule has 1 heterocycles. The second-order valence-electron chi connectivity index (χ2n) is 5.55. The van der Waals surface area contributed by atoms with E-state index in [1.165, 1.54) is 4.80 Å². The van der Waals surface area contributed by atoms with E-state index >= 15 is 0 Å².